The Morgan fingerprint density at radius 2 is 1.73 bits per heavy atom. The molecular weight excluding hydrogens is 347 g/mol. The Kier molecular flexibility index (Phi) is 5.95. The molecule has 0 aliphatic rings. The van der Waals surface area contributed by atoms with Gasteiger partial charge in [-0.15, -0.1) is 0 Å². The molecule has 2 aromatic carbocycles. The van der Waals surface area contributed by atoms with E-state index < -0.39 is 0 Å². The lowest BCUT2D eigenvalue weighted by Crippen LogP contribution is -2.01. The van der Waals surface area contributed by atoms with Gasteiger partial charge in [0, 0.05) is 16.1 Å². The van der Waals surface area contributed by atoms with Gasteiger partial charge in [0.15, 0.2) is 11.5 Å². The standard InChI is InChI=1S/C16H13Cl3O3/c1-2-21-15-7-10(8-20)3-6-14(15)22-9-11-12(17)4-5-13(18)16(11)19/h3-8H,2,9H2,1H3. The molecule has 0 amide bonds. The summed E-state index contributed by atoms with van der Waals surface area (Å²) in [6.07, 6.45) is 0.747. The zero-order chi connectivity index (χ0) is 16.1. The monoisotopic (exact) mass is 358 g/mol. The summed E-state index contributed by atoms with van der Waals surface area (Å²) >= 11 is 18.2. The van der Waals surface area contributed by atoms with Crippen molar-refractivity contribution in [3.05, 3.63) is 56.5 Å². The molecule has 0 aliphatic carbocycles. The van der Waals surface area contributed by atoms with Crippen LogP contribution in [-0.4, -0.2) is 12.9 Å². The number of aldehydes is 1. The van der Waals surface area contributed by atoms with Crippen LogP contribution in [0.25, 0.3) is 0 Å². The van der Waals surface area contributed by atoms with E-state index in [-0.39, 0.29) is 6.61 Å². The van der Waals surface area contributed by atoms with Crippen molar-refractivity contribution in [2.24, 2.45) is 0 Å². The second-order valence-electron chi connectivity index (χ2n) is 4.37. The molecule has 0 saturated carbocycles. The first-order valence-electron chi connectivity index (χ1n) is 6.54. The van der Waals surface area contributed by atoms with Crippen LogP contribution in [0.15, 0.2) is 30.3 Å². The number of rotatable bonds is 6. The van der Waals surface area contributed by atoms with Crippen LogP contribution in [-0.2, 0) is 6.61 Å². The molecule has 0 fully saturated rings. The Balaban J connectivity index is 2.25. The van der Waals surface area contributed by atoms with Crippen LogP contribution in [0, 0.1) is 0 Å². The average molecular weight is 360 g/mol. The molecule has 0 saturated heterocycles. The molecular formula is C16H13Cl3O3. The molecule has 22 heavy (non-hydrogen) atoms. The molecule has 0 heterocycles. The molecule has 0 N–H and O–H groups in total. The van der Waals surface area contributed by atoms with Crippen molar-refractivity contribution in [2.45, 2.75) is 13.5 Å². The zero-order valence-corrected chi connectivity index (χ0v) is 14.0. The van der Waals surface area contributed by atoms with Crippen molar-refractivity contribution in [2.75, 3.05) is 6.61 Å². The van der Waals surface area contributed by atoms with Crippen LogP contribution in [0.2, 0.25) is 15.1 Å². The smallest absolute Gasteiger partial charge is 0.161 e. The first kappa shape index (κ1) is 16.9. The molecule has 0 spiro atoms. The Labute approximate surface area is 143 Å². The Morgan fingerprint density at radius 1 is 1.00 bits per heavy atom. The lowest BCUT2D eigenvalue weighted by atomic mass is 10.2. The van der Waals surface area contributed by atoms with Gasteiger partial charge in [0.2, 0.25) is 0 Å². The maximum Gasteiger partial charge on any atom is 0.161 e. The van der Waals surface area contributed by atoms with Crippen molar-refractivity contribution in [3.63, 3.8) is 0 Å². The van der Waals surface area contributed by atoms with E-state index in [4.69, 9.17) is 44.3 Å². The van der Waals surface area contributed by atoms with Gasteiger partial charge in [-0.25, -0.2) is 0 Å². The van der Waals surface area contributed by atoms with Gasteiger partial charge < -0.3 is 9.47 Å². The normalized spacial score (nSPS) is 10.4. The third-order valence-electron chi connectivity index (χ3n) is 2.91. The van der Waals surface area contributed by atoms with Crippen LogP contribution < -0.4 is 9.47 Å². The second-order valence-corrected chi connectivity index (χ2v) is 5.56. The molecule has 0 bridgehead atoms. The maximum absolute atomic E-state index is 10.8. The maximum atomic E-state index is 10.8. The molecule has 2 aromatic rings. The predicted octanol–water partition coefficient (Wildman–Crippen LogP) is 5.44. The van der Waals surface area contributed by atoms with Gasteiger partial charge in [0.1, 0.15) is 12.9 Å². The van der Waals surface area contributed by atoms with E-state index in [1.54, 1.807) is 30.3 Å². The fraction of sp³-hybridized carbons (Fsp3) is 0.188. The van der Waals surface area contributed by atoms with E-state index in [1.807, 2.05) is 6.92 Å². The summed E-state index contributed by atoms with van der Waals surface area (Å²) in [5.74, 6) is 0.987. The molecule has 0 aromatic heterocycles. The van der Waals surface area contributed by atoms with E-state index >= 15 is 0 Å². The van der Waals surface area contributed by atoms with Crippen LogP contribution in [0.1, 0.15) is 22.8 Å². The van der Waals surface area contributed by atoms with Gasteiger partial charge >= 0.3 is 0 Å². The topological polar surface area (TPSA) is 35.5 Å². The lowest BCUT2D eigenvalue weighted by molar-refractivity contribution is 0.112. The van der Waals surface area contributed by atoms with E-state index in [0.29, 0.717) is 44.3 Å². The van der Waals surface area contributed by atoms with Crippen molar-refractivity contribution in [3.8, 4) is 11.5 Å². The zero-order valence-electron chi connectivity index (χ0n) is 11.7. The third-order valence-corrected chi connectivity index (χ3v) is 4.11. The summed E-state index contributed by atoms with van der Waals surface area (Å²) in [5.41, 5.74) is 1.10. The fourth-order valence-corrected chi connectivity index (χ4v) is 2.49. The first-order chi connectivity index (χ1) is 10.6. The van der Waals surface area contributed by atoms with Crippen molar-refractivity contribution >= 4 is 41.1 Å². The number of carbonyl (C=O) groups is 1. The molecule has 6 heteroatoms. The van der Waals surface area contributed by atoms with E-state index in [2.05, 4.69) is 0 Å². The Morgan fingerprint density at radius 3 is 2.41 bits per heavy atom. The van der Waals surface area contributed by atoms with Gasteiger partial charge in [0.05, 0.1) is 16.7 Å². The second kappa shape index (κ2) is 7.73. The highest BCUT2D eigenvalue weighted by Crippen LogP contribution is 2.34. The third kappa shape index (κ3) is 3.86. The van der Waals surface area contributed by atoms with Crippen LogP contribution in [0.5, 0.6) is 11.5 Å². The summed E-state index contributed by atoms with van der Waals surface area (Å²) < 4.78 is 11.2. The van der Waals surface area contributed by atoms with E-state index in [0.717, 1.165) is 6.29 Å². The number of ether oxygens (including phenoxy) is 2. The summed E-state index contributed by atoms with van der Waals surface area (Å²) in [4.78, 5) is 10.8. The molecule has 3 nitrogen and oxygen atoms in total. The number of hydrogen-bond acceptors (Lipinski definition) is 3. The van der Waals surface area contributed by atoms with Crippen molar-refractivity contribution in [1.29, 1.82) is 0 Å². The van der Waals surface area contributed by atoms with Gasteiger partial charge in [-0.2, -0.15) is 0 Å². The molecule has 0 aliphatic heterocycles. The van der Waals surface area contributed by atoms with E-state index in [9.17, 15) is 4.79 Å². The summed E-state index contributed by atoms with van der Waals surface area (Å²) in [6.45, 7) is 2.44. The van der Waals surface area contributed by atoms with Crippen molar-refractivity contribution in [1.82, 2.24) is 0 Å². The van der Waals surface area contributed by atoms with Gasteiger partial charge in [-0.3, -0.25) is 4.79 Å². The van der Waals surface area contributed by atoms with Gasteiger partial charge in [0.25, 0.3) is 0 Å². The van der Waals surface area contributed by atoms with Crippen molar-refractivity contribution < 1.29 is 14.3 Å². The molecule has 116 valence electrons. The highest BCUT2D eigenvalue weighted by Gasteiger charge is 2.12. The number of halogens is 3. The molecule has 0 unspecified atom stereocenters. The summed E-state index contributed by atoms with van der Waals surface area (Å²) in [5, 5.41) is 1.24. The first-order valence-corrected chi connectivity index (χ1v) is 7.67. The Hall–Kier alpha value is -1.42. The average Bonchev–Trinajstić information content (AvgIpc) is 2.52. The highest BCUT2D eigenvalue weighted by atomic mass is 35.5. The highest BCUT2D eigenvalue weighted by molar-refractivity contribution is 6.44. The van der Waals surface area contributed by atoms with Crippen LogP contribution in [0.4, 0.5) is 0 Å². The summed E-state index contributed by atoms with van der Waals surface area (Å²) in [6, 6.07) is 8.22. The minimum absolute atomic E-state index is 0.138. The minimum Gasteiger partial charge on any atom is -0.490 e. The number of carbonyl (C=O) groups excluding carboxylic acids is 1. The van der Waals surface area contributed by atoms with Crippen LogP contribution >= 0.6 is 34.8 Å². The summed E-state index contributed by atoms with van der Waals surface area (Å²) in [7, 11) is 0. The fourth-order valence-electron chi connectivity index (χ4n) is 1.84. The molecule has 2 rings (SSSR count). The minimum atomic E-state index is 0.138. The lowest BCUT2D eigenvalue weighted by Gasteiger charge is -2.14. The number of hydrogen-bond donors (Lipinski definition) is 0. The Bertz CT molecular complexity index is 687. The van der Waals surface area contributed by atoms with E-state index in [1.165, 1.54) is 0 Å². The van der Waals surface area contributed by atoms with Crippen LogP contribution in [0.3, 0.4) is 0 Å². The molecule has 0 atom stereocenters. The van der Waals surface area contributed by atoms with Gasteiger partial charge in [-0.1, -0.05) is 34.8 Å². The number of benzene rings is 2. The SMILES string of the molecule is CCOc1cc(C=O)ccc1OCc1c(Cl)ccc(Cl)c1Cl. The largest absolute Gasteiger partial charge is 0.490 e. The van der Waals surface area contributed by atoms with Gasteiger partial charge in [-0.05, 0) is 37.3 Å². The molecule has 0 radical (unpaired) electrons. The predicted molar refractivity (Wildman–Crippen MR) is 88.8 cm³/mol. The quantitative estimate of drug-likeness (QED) is 0.509.